The van der Waals surface area contributed by atoms with Crippen molar-refractivity contribution in [2.45, 2.75) is 19.4 Å². The zero-order chi connectivity index (χ0) is 17.8. The van der Waals surface area contributed by atoms with Crippen molar-refractivity contribution >= 4 is 17.6 Å². The van der Waals surface area contributed by atoms with Crippen LogP contribution in [-0.2, 0) is 16.0 Å². The summed E-state index contributed by atoms with van der Waals surface area (Å²) in [4.78, 5) is 12.0. The van der Waals surface area contributed by atoms with Crippen LogP contribution in [0.3, 0.4) is 0 Å². The lowest BCUT2D eigenvalue weighted by Gasteiger charge is -2.09. The molecule has 3 aromatic rings. The molecular formula is C18H14ClFN2O3. The first-order chi connectivity index (χ1) is 12.0. The van der Waals surface area contributed by atoms with Crippen molar-refractivity contribution in [3.63, 3.8) is 0 Å². The van der Waals surface area contributed by atoms with E-state index in [0.29, 0.717) is 10.6 Å². The molecule has 128 valence electrons. The molecule has 7 heteroatoms. The standard InChI is InChI=1S/C18H14ClFN2O3/c1-11(24-16(23)10-12-2-6-14(19)7-3-12)17-21-22-18(25-17)13-4-8-15(20)9-5-13/h2-9,11H,10H2,1H3/t11-/m0/s1. The molecule has 0 spiro atoms. The summed E-state index contributed by atoms with van der Waals surface area (Å²) in [7, 11) is 0. The molecule has 0 amide bonds. The van der Waals surface area contributed by atoms with Gasteiger partial charge in [0.2, 0.25) is 5.89 Å². The van der Waals surface area contributed by atoms with Crippen LogP contribution in [0.15, 0.2) is 52.9 Å². The maximum absolute atomic E-state index is 12.9. The van der Waals surface area contributed by atoms with Crippen molar-refractivity contribution in [1.29, 1.82) is 0 Å². The molecule has 1 heterocycles. The predicted octanol–water partition coefficient (Wildman–Crippen LogP) is 4.38. The smallest absolute Gasteiger partial charge is 0.311 e. The second-order valence-electron chi connectivity index (χ2n) is 5.39. The number of halogens is 2. The molecule has 1 aromatic heterocycles. The molecule has 5 nitrogen and oxygen atoms in total. The third-order valence-electron chi connectivity index (χ3n) is 3.45. The third-order valence-corrected chi connectivity index (χ3v) is 3.70. The Bertz CT molecular complexity index is 863. The molecule has 3 rings (SSSR count). The minimum absolute atomic E-state index is 0.112. The summed E-state index contributed by atoms with van der Waals surface area (Å²) < 4.78 is 23.8. The molecule has 0 fully saturated rings. The van der Waals surface area contributed by atoms with Crippen LogP contribution in [0.25, 0.3) is 11.5 Å². The van der Waals surface area contributed by atoms with Gasteiger partial charge in [-0.25, -0.2) is 4.39 Å². The zero-order valence-corrected chi connectivity index (χ0v) is 14.0. The van der Waals surface area contributed by atoms with Crippen LogP contribution in [0.2, 0.25) is 5.02 Å². The molecule has 0 aliphatic heterocycles. The number of nitrogens with zero attached hydrogens (tertiary/aromatic N) is 2. The highest BCUT2D eigenvalue weighted by atomic mass is 35.5. The van der Waals surface area contributed by atoms with Crippen LogP contribution >= 0.6 is 11.6 Å². The van der Waals surface area contributed by atoms with Crippen molar-refractivity contribution in [1.82, 2.24) is 10.2 Å². The van der Waals surface area contributed by atoms with Gasteiger partial charge in [-0.15, -0.1) is 10.2 Å². The van der Waals surface area contributed by atoms with E-state index in [1.807, 2.05) is 0 Å². The van der Waals surface area contributed by atoms with Crippen LogP contribution in [0, 0.1) is 5.82 Å². The van der Waals surface area contributed by atoms with Crippen molar-refractivity contribution in [3.05, 3.63) is 70.8 Å². The van der Waals surface area contributed by atoms with E-state index in [2.05, 4.69) is 10.2 Å². The van der Waals surface area contributed by atoms with Gasteiger partial charge in [0.15, 0.2) is 6.10 Å². The lowest BCUT2D eigenvalue weighted by Crippen LogP contribution is -2.11. The number of hydrogen-bond donors (Lipinski definition) is 0. The van der Waals surface area contributed by atoms with E-state index in [4.69, 9.17) is 20.8 Å². The number of esters is 1. The Morgan fingerprint density at radius 3 is 2.52 bits per heavy atom. The second kappa shape index (κ2) is 7.44. The molecule has 0 saturated heterocycles. The largest absolute Gasteiger partial charge is 0.452 e. The van der Waals surface area contributed by atoms with Gasteiger partial charge in [-0.2, -0.15) is 0 Å². The van der Waals surface area contributed by atoms with Gasteiger partial charge in [-0.05, 0) is 48.9 Å². The van der Waals surface area contributed by atoms with Gasteiger partial charge in [0, 0.05) is 10.6 Å². The van der Waals surface area contributed by atoms with Gasteiger partial charge in [-0.1, -0.05) is 23.7 Å². The minimum atomic E-state index is -0.693. The number of rotatable bonds is 5. The van der Waals surface area contributed by atoms with Gasteiger partial charge in [0.1, 0.15) is 5.82 Å². The van der Waals surface area contributed by atoms with Crippen LogP contribution in [0.1, 0.15) is 24.5 Å². The molecule has 0 aliphatic rings. The number of carbonyl (C=O) groups is 1. The van der Waals surface area contributed by atoms with Gasteiger partial charge in [-0.3, -0.25) is 4.79 Å². The first kappa shape index (κ1) is 17.1. The summed E-state index contributed by atoms with van der Waals surface area (Å²) >= 11 is 5.81. The molecular weight excluding hydrogens is 347 g/mol. The molecule has 0 saturated carbocycles. The lowest BCUT2D eigenvalue weighted by atomic mass is 10.1. The van der Waals surface area contributed by atoms with Gasteiger partial charge in [0.05, 0.1) is 6.42 Å². The topological polar surface area (TPSA) is 65.2 Å². The number of carbonyl (C=O) groups excluding carboxylic acids is 1. The Hall–Kier alpha value is -2.73. The quantitative estimate of drug-likeness (QED) is 0.632. The van der Waals surface area contributed by atoms with E-state index in [1.165, 1.54) is 24.3 Å². The highest BCUT2D eigenvalue weighted by Crippen LogP contribution is 2.23. The van der Waals surface area contributed by atoms with Crippen molar-refractivity contribution in [2.24, 2.45) is 0 Å². The highest BCUT2D eigenvalue weighted by Gasteiger charge is 2.19. The first-order valence-electron chi connectivity index (χ1n) is 7.54. The average Bonchev–Trinajstić information content (AvgIpc) is 3.08. The molecule has 0 N–H and O–H groups in total. The number of aromatic nitrogens is 2. The maximum atomic E-state index is 12.9. The summed E-state index contributed by atoms with van der Waals surface area (Å²) in [6, 6.07) is 12.6. The molecule has 25 heavy (non-hydrogen) atoms. The Kier molecular flexibility index (Phi) is 5.09. The van der Waals surface area contributed by atoms with Crippen LogP contribution in [0.4, 0.5) is 4.39 Å². The van der Waals surface area contributed by atoms with E-state index >= 15 is 0 Å². The molecule has 1 atom stereocenters. The van der Waals surface area contributed by atoms with E-state index in [1.54, 1.807) is 31.2 Å². The number of benzene rings is 2. The SMILES string of the molecule is C[C@H](OC(=O)Cc1ccc(Cl)cc1)c1nnc(-c2ccc(F)cc2)o1. The Balaban J connectivity index is 1.63. The minimum Gasteiger partial charge on any atom is -0.452 e. The van der Waals surface area contributed by atoms with E-state index in [9.17, 15) is 9.18 Å². The van der Waals surface area contributed by atoms with E-state index in [-0.39, 0.29) is 24.0 Å². The van der Waals surface area contributed by atoms with Crippen LogP contribution < -0.4 is 0 Å². The number of hydrogen-bond acceptors (Lipinski definition) is 5. The van der Waals surface area contributed by atoms with E-state index in [0.717, 1.165) is 5.56 Å². The molecule has 2 aromatic carbocycles. The lowest BCUT2D eigenvalue weighted by molar-refractivity contribution is -0.148. The maximum Gasteiger partial charge on any atom is 0.311 e. The van der Waals surface area contributed by atoms with Crippen molar-refractivity contribution in [2.75, 3.05) is 0 Å². The van der Waals surface area contributed by atoms with Crippen LogP contribution in [0.5, 0.6) is 0 Å². The normalized spacial score (nSPS) is 12.0. The Morgan fingerprint density at radius 2 is 1.84 bits per heavy atom. The fraction of sp³-hybridized carbons (Fsp3) is 0.167. The fourth-order valence-electron chi connectivity index (χ4n) is 2.17. The predicted molar refractivity (Wildman–Crippen MR) is 89.4 cm³/mol. The Morgan fingerprint density at radius 1 is 1.16 bits per heavy atom. The van der Waals surface area contributed by atoms with Crippen molar-refractivity contribution < 1.29 is 18.3 Å². The van der Waals surface area contributed by atoms with Gasteiger partial charge < -0.3 is 9.15 Å². The molecule has 0 bridgehead atoms. The fourth-order valence-corrected chi connectivity index (χ4v) is 2.29. The zero-order valence-electron chi connectivity index (χ0n) is 13.3. The van der Waals surface area contributed by atoms with Crippen LogP contribution in [-0.4, -0.2) is 16.2 Å². The summed E-state index contributed by atoms with van der Waals surface area (Å²) in [6.45, 7) is 1.64. The number of ether oxygens (including phenoxy) is 1. The van der Waals surface area contributed by atoms with Crippen molar-refractivity contribution in [3.8, 4) is 11.5 Å². The first-order valence-corrected chi connectivity index (χ1v) is 7.92. The van der Waals surface area contributed by atoms with Gasteiger partial charge in [0.25, 0.3) is 5.89 Å². The summed E-state index contributed by atoms with van der Waals surface area (Å²) in [5.74, 6) is -0.372. The second-order valence-corrected chi connectivity index (χ2v) is 5.82. The Labute approximate surface area is 148 Å². The molecule has 0 unspecified atom stereocenters. The van der Waals surface area contributed by atoms with Gasteiger partial charge >= 0.3 is 5.97 Å². The molecule has 0 aliphatic carbocycles. The average molecular weight is 361 g/mol. The highest BCUT2D eigenvalue weighted by molar-refractivity contribution is 6.30. The summed E-state index contributed by atoms with van der Waals surface area (Å²) in [5.41, 5.74) is 1.37. The van der Waals surface area contributed by atoms with E-state index < -0.39 is 12.1 Å². The monoisotopic (exact) mass is 360 g/mol. The molecule has 0 radical (unpaired) electrons. The summed E-state index contributed by atoms with van der Waals surface area (Å²) in [5, 5.41) is 8.38. The third kappa shape index (κ3) is 4.42. The summed E-state index contributed by atoms with van der Waals surface area (Å²) in [6.07, 6.45) is -0.581.